The van der Waals surface area contributed by atoms with Crippen molar-refractivity contribution in [2.75, 3.05) is 13.2 Å². The summed E-state index contributed by atoms with van der Waals surface area (Å²) in [7, 11) is 0. The Morgan fingerprint density at radius 2 is 2.13 bits per heavy atom. The number of nitrogens with one attached hydrogen (secondary N) is 1. The van der Waals surface area contributed by atoms with Gasteiger partial charge in [-0.2, -0.15) is 0 Å². The van der Waals surface area contributed by atoms with Gasteiger partial charge in [-0.05, 0) is 37.8 Å². The molecule has 3 fully saturated rings. The van der Waals surface area contributed by atoms with Gasteiger partial charge < -0.3 is 14.6 Å². The minimum absolute atomic E-state index is 0.0210. The highest BCUT2D eigenvalue weighted by Crippen LogP contribution is 2.35. The number of rotatable bonds is 6. The molecule has 5 rings (SSSR count). The summed E-state index contributed by atoms with van der Waals surface area (Å²) in [6, 6.07) is 8.28. The van der Waals surface area contributed by atoms with E-state index in [-0.39, 0.29) is 24.5 Å². The fourth-order valence-electron chi connectivity index (χ4n) is 3.97. The number of hydrogen-bond acceptors (Lipinski definition) is 5. The zero-order valence-corrected chi connectivity index (χ0v) is 18.1. The van der Waals surface area contributed by atoms with Crippen molar-refractivity contribution >= 4 is 57.1 Å². The molecule has 0 unspecified atom stereocenters. The highest BCUT2D eigenvalue weighted by Gasteiger charge is 2.34. The van der Waals surface area contributed by atoms with E-state index in [0.717, 1.165) is 48.8 Å². The van der Waals surface area contributed by atoms with Gasteiger partial charge in [-0.3, -0.25) is 14.5 Å². The molecular weight excluding hydrogens is 418 g/mol. The number of aromatic nitrogens is 1. The van der Waals surface area contributed by atoms with Crippen LogP contribution in [0.25, 0.3) is 17.0 Å². The van der Waals surface area contributed by atoms with Crippen LogP contribution in [0.15, 0.2) is 35.4 Å². The van der Waals surface area contributed by atoms with Crippen molar-refractivity contribution in [3.05, 3.63) is 40.9 Å². The number of fused-ring (bicyclic) bond motifs is 1. The van der Waals surface area contributed by atoms with Crippen LogP contribution < -0.4 is 5.32 Å². The molecule has 2 amide bonds. The molecule has 2 saturated heterocycles. The van der Waals surface area contributed by atoms with Crippen molar-refractivity contribution in [3.63, 3.8) is 0 Å². The van der Waals surface area contributed by atoms with E-state index in [1.165, 1.54) is 11.8 Å². The number of hydrogen-bond donors (Lipinski definition) is 1. The predicted molar refractivity (Wildman–Crippen MR) is 122 cm³/mol. The normalized spacial score (nSPS) is 23.1. The van der Waals surface area contributed by atoms with Crippen molar-refractivity contribution < 1.29 is 14.3 Å². The molecule has 30 heavy (non-hydrogen) atoms. The Morgan fingerprint density at radius 3 is 2.90 bits per heavy atom. The molecule has 1 atom stereocenters. The highest BCUT2D eigenvalue weighted by atomic mass is 32.2. The zero-order chi connectivity index (χ0) is 20.7. The van der Waals surface area contributed by atoms with Gasteiger partial charge in [0.05, 0.1) is 17.6 Å². The number of ether oxygens (including phenoxy) is 1. The largest absolute Gasteiger partial charge is 0.376 e. The summed E-state index contributed by atoms with van der Waals surface area (Å²) in [5.41, 5.74) is 1.90. The van der Waals surface area contributed by atoms with Crippen molar-refractivity contribution in [2.24, 2.45) is 0 Å². The molecule has 8 heteroatoms. The van der Waals surface area contributed by atoms with Crippen LogP contribution in [0, 0.1) is 0 Å². The molecule has 0 radical (unpaired) electrons. The Kier molecular flexibility index (Phi) is 5.39. The van der Waals surface area contributed by atoms with E-state index in [1.54, 1.807) is 4.90 Å². The van der Waals surface area contributed by atoms with E-state index >= 15 is 0 Å². The van der Waals surface area contributed by atoms with E-state index in [1.807, 2.05) is 41.1 Å². The molecular formula is C22H23N3O3S2. The average Bonchev–Trinajstić information content (AvgIpc) is 3.16. The quantitative estimate of drug-likeness (QED) is 0.551. The van der Waals surface area contributed by atoms with E-state index in [4.69, 9.17) is 17.0 Å². The summed E-state index contributed by atoms with van der Waals surface area (Å²) < 4.78 is 8.20. The number of thiocarbonyl (C=S) groups is 1. The number of nitrogens with zero attached hydrogens (tertiary/aromatic N) is 2. The summed E-state index contributed by atoms with van der Waals surface area (Å²) in [6.45, 7) is 1.54. The van der Waals surface area contributed by atoms with Gasteiger partial charge in [-0.15, -0.1) is 0 Å². The van der Waals surface area contributed by atoms with Crippen LogP contribution in [0.5, 0.6) is 0 Å². The molecule has 0 spiro atoms. The van der Waals surface area contributed by atoms with Crippen LogP contribution in [-0.4, -0.2) is 50.9 Å². The van der Waals surface area contributed by atoms with Crippen LogP contribution in [0.3, 0.4) is 0 Å². The van der Waals surface area contributed by atoms with Crippen molar-refractivity contribution in [1.82, 2.24) is 14.8 Å². The molecule has 6 nitrogen and oxygen atoms in total. The van der Waals surface area contributed by atoms with Gasteiger partial charge in [0.1, 0.15) is 10.9 Å². The first-order valence-electron chi connectivity index (χ1n) is 10.3. The van der Waals surface area contributed by atoms with Gasteiger partial charge in [0.15, 0.2) is 0 Å². The maximum Gasteiger partial charge on any atom is 0.266 e. The summed E-state index contributed by atoms with van der Waals surface area (Å²) in [4.78, 5) is 27.6. The fourth-order valence-corrected chi connectivity index (χ4v) is 5.23. The predicted octanol–water partition coefficient (Wildman–Crippen LogP) is 3.30. The van der Waals surface area contributed by atoms with E-state index in [2.05, 4.69) is 5.32 Å². The molecule has 1 aromatic heterocycles. The SMILES string of the molecule is O=C(Cn1cc(/C=C2\SC(=S)N(C[C@H]3CCCO3)C2=O)c2ccccc21)NC1CC1. The van der Waals surface area contributed by atoms with Crippen LogP contribution in [0.4, 0.5) is 0 Å². The highest BCUT2D eigenvalue weighted by molar-refractivity contribution is 8.26. The summed E-state index contributed by atoms with van der Waals surface area (Å²) in [5.74, 6) is -0.0449. The van der Waals surface area contributed by atoms with E-state index < -0.39 is 0 Å². The Morgan fingerprint density at radius 1 is 1.30 bits per heavy atom. The molecule has 2 aliphatic heterocycles. The number of amides is 2. The first-order chi connectivity index (χ1) is 14.6. The van der Waals surface area contributed by atoms with Gasteiger partial charge in [0.25, 0.3) is 5.91 Å². The molecule has 3 aliphatic rings. The third-order valence-electron chi connectivity index (χ3n) is 5.65. The van der Waals surface area contributed by atoms with Crippen LogP contribution in [0.1, 0.15) is 31.2 Å². The van der Waals surface area contributed by atoms with Crippen molar-refractivity contribution in [2.45, 2.75) is 44.4 Å². The monoisotopic (exact) mass is 441 g/mol. The number of benzene rings is 1. The summed E-state index contributed by atoms with van der Waals surface area (Å²) in [6.07, 6.45) is 8.04. The van der Waals surface area contributed by atoms with Gasteiger partial charge in [0, 0.05) is 35.3 Å². The number of carbonyl (C=O) groups is 2. The molecule has 1 aliphatic carbocycles. The Balaban J connectivity index is 1.40. The Labute approximate surface area is 184 Å². The van der Waals surface area contributed by atoms with Gasteiger partial charge >= 0.3 is 0 Å². The second-order valence-electron chi connectivity index (χ2n) is 8.00. The topological polar surface area (TPSA) is 63.6 Å². The lowest BCUT2D eigenvalue weighted by atomic mass is 10.1. The summed E-state index contributed by atoms with van der Waals surface area (Å²) in [5, 5.41) is 4.05. The van der Waals surface area contributed by atoms with Crippen LogP contribution in [-0.2, 0) is 20.9 Å². The third kappa shape index (κ3) is 4.04. The Bertz CT molecular complexity index is 1050. The van der Waals surface area contributed by atoms with Crippen LogP contribution in [0.2, 0.25) is 0 Å². The van der Waals surface area contributed by atoms with E-state index in [0.29, 0.717) is 21.8 Å². The first-order valence-corrected chi connectivity index (χ1v) is 11.5. The molecule has 2 aromatic rings. The lowest BCUT2D eigenvalue weighted by Gasteiger charge is -2.18. The lowest BCUT2D eigenvalue weighted by molar-refractivity contribution is -0.123. The van der Waals surface area contributed by atoms with Crippen molar-refractivity contribution in [3.8, 4) is 0 Å². The molecule has 0 bridgehead atoms. The Hall–Kier alpha value is -2.16. The second kappa shape index (κ2) is 8.17. The smallest absolute Gasteiger partial charge is 0.266 e. The molecule has 156 valence electrons. The lowest BCUT2D eigenvalue weighted by Crippen LogP contribution is -2.35. The first kappa shape index (κ1) is 19.8. The molecule has 3 heterocycles. The average molecular weight is 442 g/mol. The standard InChI is InChI=1S/C22H23N3O3S2/c26-20(23-15-7-8-15)13-24-11-14(17-5-1-2-6-18(17)24)10-19-21(27)25(22(29)30-19)12-16-4-3-9-28-16/h1-2,5-6,10-11,15-16H,3-4,7-9,12-13H2,(H,23,26)/b19-10-/t16-/m1/s1. The number of para-hydroxylation sites is 1. The molecule has 1 N–H and O–H groups in total. The van der Waals surface area contributed by atoms with Crippen molar-refractivity contribution in [1.29, 1.82) is 0 Å². The number of carbonyl (C=O) groups excluding carboxylic acids is 2. The molecule has 1 aromatic carbocycles. The summed E-state index contributed by atoms with van der Waals surface area (Å²) >= 11 is 6.80. The minimum Gasteiger partial charge on any atom is -0.376 e. The van der Waals surface area contributed by atoms with Gasteiger partial charge in [-0.1, -0.05) is 42.2 Å². The molecule has 1 saturated carbocycles. The third-order valence-corrected chi connectivity index (χ3v) is 7.02. The number of thioether (sulfide) groups is 1. The van der Waals surface area contributed by atoms with Crippen LogP contribution >= 0.6 is 24.0 Å². The van der Waals surface area contributed by atoms with E-state index in [9.17, 15) is 9.59 Å². The van der Waals surface area contributed by atoms with Gasteiger partial charge in [0.2, 0.25) is 5.91 Å². The van der Waals surface area contributed by atoms with Gasteiger partial charge in [-0.25, -0.2) is 0 Å². The second-order valence-corrected chi connectivity index (χ2v) is 9.67. The maximum absolute atomic E-state index is 13.0. The zero-order valence-electron chi connectivity index (χ0n) is 16.5. The minimum atomic E-state index is -0.0659. The maximum atomic E-state index is 13.0. The fraction of sp³-hybridized carbons (Fsp3) is 0.409.